The van der Waals surface area contributed by atoms with Crippen molar-refractivity contribution >= 4 is 33.9 Å². The lowest BCUT2D eigenvalue weighted by Crippen LogP contribution is -2.44. The number of aromatic nitrogens is 4. The largest absolute Gasteiger partial charge is 0.494 e. The highest BCUT2D eigenvalue weighted by atomic mass is 16.6. The third-order valence-corrected chi connectivity index (χ3v) is 6.84. The summed E-state index contributed by atoms with van der Waals surface area (Å²) in [7, 11) is 6.98. The molecular formula is C25H28N6O5. The number of hydrogen-bond acceptors (Lipinski definition) is 6. The van der Waals surface area contributed by atoms with Crippen molar-refractivity contribution in [1.82, 2.24) is 23.6 Å². The number of fused-ring (bicyclic) bond motifs is 2. The fourth-order valence-electron chi connectivity index (χ4n) is 5.05. The van der Waals surface area contributed by atoms with E-state index in [4.69, 9.17) is 20.2 Å². The summed E-state index contributed by atoms with van der Waals surface area (Å²) in [6, 6.07) is 7.27. The Hall–Kier alpha value is -4.28. The van der Waals surface area contributed by atoms with Gasteiger partial charge in [-0.3, -0.25) is 9.59 Å². The Morgan fingerprint density at radius 3 is 2.61 bits per heavy atom. The zero-order valence-electron chi connectivity index (χ0n) is 20.6. The van der Waals surface area contributed by atoms with Gasteiger partial charge in [-0.2, -0.15) is 0 Å². The molecule has 1 fully saturated rings. The molecule has 11 nitrogen and oxygen atoms in total. The lowest BCUT2D eigenvalue weighted by atomic mass is 10.1. The normalized spacial score (nSPS) is 16.0. The van der Waals surface area contributed by atoms with E-state index >= 15 is 0 Å². The van der Waals surface area contributed by atoms with Gasteiger partial charge in [0.2, 0.25) is 0 Å². The molecule has 1 saturated heterocycles. The molecule has 11 heteroatoms. The van der Waals surface area contributed by atoms with Crippen LogP contribution in [0.3, 0.4) is 0 Å². The predicted molar refractivity (Wildman–Crippen MR) is 134 cm³/mol. The molecular weight excluding hydrogens is 464 g/mol. The van der Waals surface area contributed by atoms with Crippen LogP contribution in [0.4, 0.5) is 4.79 Å². The van der Waals surface area contributed by atoms with Crippen LogP contribution in [0.15, 0.2) is 35.3 Å². The maximum Gasteiger partial charge on any atom is 0.404 e. The quantitative estimate of drug-likeness (QED) is 0.465. The average Bonchev–Trinajstić information content (AvgIpc) is 3.36. The number of nitrogens with two attached hydrogens (primary N) is 1. The van der Waals surface area contributed by atoms with Crippen LogP contribution in [-0.4, -0.2) is 61.9 Å². The van der Waals surface area contributed by atoms with Gasteiger partial charge in [0.25, 0.3) is 11.5 Å². The number of carbonyl (C=O) groups excluding carboxylic acids is 2. The number of hydrogen-bond donors (Lipinski definition) is 1. The fraction of sp³-hybridized carbons (Fsp3) is 0.360. The minimum absolute atomic E-state index is 0.0920. The highest BCUT2D eigenvalue weighted by Gasteiger charge is 2.28. The van der Waals surface area contributed by atoms with E-state index < -0.39 is 12.2 Å². The summed E-state index contributed by atoms with van der Waals surface area (Å²) >= 11 is 0. The second kappa shape index (κ2) is 8.74. The maximum absolute atomic E-state index is 13.4. The van der Waals surface area contributed by atoms with Crippen molar-refractivity contribution in [1.29, 1.82) is 0 Å². The molecule has 1 aliphatic rings. The number of benzene rings is 1. The van der Waals surface area contributed by atoms with Crippen LogP contribution in [0.25, 0.3) is 33.5 Å². The molecule has 0 spiro atoms. The standard InChI is InChI=1S/C25H28N6O5/c1-28-9-7-14-11-18(29(2)20(14)24(28)33)22-27-17-10-15(12-19(35-4)21(17)30(22)3)23(32)31-8-5-6-16(13-31)36-25(26)34/h7,9-12,16H,5-6,8,13H2,1-4H3,(H2,26,34)/t16-/m1/s1. The summed E-state index contributed by atoms with van der Waals surface area (Å²) in [5.74, 6) is 0.948. The topological polar surface area (TPSA) is 127 Å². The second-order valence-corrected chi connectivity index (χ2v) is 9.12. The number of imidazole rings is 1. The van der Waals surface area contributed by atoms with E-state index in [2.05, 4.69) is 0 Å². The number of pyridine rings is 1. The van der Waals surface area contributed by atoms with Crippen LogP contribution in [0.1, 0.15) is 23.2 Å². The zero-order chi connectivity index (χ0) is 25.7. The number of primary amides is 1. The van der Waals surface area contributed by atoms with Crippen LogP contribution < -0.4 is 16.0 Å². The van der Waals surface area contributed by atoms with E-state index in [9.17, 15) is 14.4 Å². The summed E-state index contributed by atoms with van der Waals surface area (Å²) in [5, 5.41) is 0.823. The Morgan fingerprint density at radius 1 is 1.11 bits per heavy atom. The number of rotatable bonds is 4. The van der Waals surface area contributed by atoms with Gasteiger partial charge in [-0.25, -0.2) is 9.78 Å². The molecule has 5 rings (SSSR count). The van der Waals surface area contributed by atoms with Gasteiger partial charge in [-0.15, -0.1) is 0 Å². The van der Waals surface area contributed by atoms with Gasteiger partial charge in [0.15, 0.2) is 5.82 Å². The van der Waals surface area contributed by atoms with Crippen molar-refractivity contribution < 1.29 is 19.1 Å². The number of aryl methyl sites for hydroxylation is 3. The van der Waals surface area contributed by atoms with Gasteiger partial charge in [0.1, 0.15) is 22.9 Å². The van der Waals surface area contributed by atoms with Crippen molar-refractivity contribution in [3.05, 3.63) is 46.4 Å². The summed E-state index contributed by atoms with van der Waals surface area (Å²) in [5.41, 5.74) is 8.17. The number of methoxy groups -OCH3 is 1. The molecule has 4 aromatic rings. The molecule has 2 N–H and O–H groups in total. The number of piperidine rings is 1. The van der Waals surface area contributed by atoms with E-state index in [1.807, 2.05) is 35.4 Å². The molecule has 36 heavy (non-hydrogen) atoms. The van der Waals surface area contributed by atoms with E-state index in [0.717, 1.165) is 16.6 Å². The van der Waals surface area contributed by atoms with Crippen LogP contribution in [-0.2, 0) is 25.9 Å². The van der Waals surface area contributed by atoms with Crippen molar-refractivity contribution in [3.63, 3.8) is 0 Å². The second-order valence-electron chi connectivity index (χ2n) is 9.12. The smallest absolute Gasteiger partial charge is 0.404 e. The van der Waals surface area contributed by atoms with Crippen molar-refractivity contribution in [3.8, 4) is 17.3 Å². The first-order chi connectivity index (χ1) is 17.2. The van der Waals surface area contributed by atoms with Crippen molar-refractivity contribution in [2.45, 2.75) is 18.9 Å². The molecule has 1 aromatic carbocycles. The highest BCUT2D eigenvalue weighted by molar-refractivity contribution is 6.00. The molecule has 0 bridgehead atoms. The predicted octanol–water partition coefficient (Wildman–Crippen LogP) is 2.14. The van der Waals surface area contributed by atoms with E-state index in [1.165, 1.54) is 0 Å². The SMILES string of the molecule is COc1cc(C(=O)N2CCC[C@@H](OC(N)=O)C2)cc2nc(-c3cc4ccn(C)c(=O)c4n3C)n(C)c12. The summed E-state index contributed by atoms with van der Waals surface area (Å²) in [6.07, 6.45) is 1.84. The lowest BCUT2D eigenvalue weighted by Gasteiger charge is -2.32. The summed E-state index contributed by atoms with van der Waals surface area (Å²) < 4.78 is 16.1. The van der Waals surface area contributed by atoms with Gasteiger partial charge in [-0.05, 0) is 37.1 Å². The number of nitrogens with zero attached hydrogens (tertiary/aromatic N) is 5. The number of likely N-dealkylation sites (tertiary alicyclic amines) is 1. The lowest BCUT2D eigenvalue weighted by molar-refractivity contribution is 0.0373. The fourth-order valence-corrected chi connectivity index (χ4v) is 5.05. The Kier molecular flexibility index (Phi) is 5.70. The minimum atomic E-state index is -0.843. The monoisotopic (exact) mass is 492 g/mol. The van der Waals surface area contributed by atoms with Crippen molar-refractivity contribution in [2.75, 3.05) is 20.2 Å². The molecule has 3 aromatic heterocycles. The Bertz CT molecular complexity index is 1580. The van der Waals surface area contributed by atoms with Gasteiger partial charge in [0.05, 0.1) is 24.9 Å². The molecule has 0 aliphatic carbocycles. The summed E-state index contributed by atoms with van der Waals surface area (Å²) in [6.45, 7) is 0.830. The average molecular weight is 493 g/mol. The molecule has 0 unspecified atom stereocenters. The Morgan fingerprint density at radius 2 is 1.89 bits per heavy atom. The number of amides is 2. The number of ether oxygens (including phenoxy) is 2. The summed E-state index contributed by atoms with van der Waals surface area (Å²) in [4.78, 5) is 43.7. The molecule has 1 aliphatic heterocycles. The molecule has 0 radical (unpaired) electrons. The third-order valence-electron chi connectivity index (χ3n) is 6.84. The Balaban J connectivity index is 1.58. The van der Waals surface area contributed by atoms with Gasteiger partial charge in [-0.1, -0.05) is 0 Å². The van der Waals surface area contributed by atoms with E-state index in [0.29, 0.717) is 47.6 Å². The zero-order valence-corrected chi connectivity index (χ0v) is 20.6. The van der Waals surface area contributed by atoms with E-state index in [-0.39, 0.29) is 18.0 Å². The third kappa shape index (κ3) is 3.76. The first kappa shape index (κ1) is 23.5. The molecule has 188 valence electrons. The molecule has 4 heterocycles. The van der Waals surface area contributed by atoms with Crippen LogP contribution in [0.2, 0.25) is 0 Å². The number of carbonyl (C=O) groups is 2. The first-order valence-electron chi connectivity index (χ1n) is 11.6. The first-order valence-corrected chi connectivity index (χ1v) is 11.6. The van der Waals surface area contributed by atoms with Crippen LogP contribution in [0, 0.1) is 0 Å². The van der Waals surface area contributed by atoms with Gasteiger partial charge >= 0.3 is 6.09 Å². The Labute approximate surface area is 206 Å². The highest BCUT2D eigenvalue weighted by Crippen LogP contribution is 2.33. The van der Waals surface area contributed by atoms with Gasteiger partial charge in [0, 0.05) is 44.8 Å². The van der Waals surface area contributed by atoms with Gasteiger partial charge < -0.3 is 33.8 Å². The van der Waals surface area contributed by atoms with Crippen LogP contribution in [0.5, 0.6) is 5.75 Å². The van der Waals surface area contributed by atoms with E-state index in [1.54, 1.807) is 42.0 Å². The maximum atomic E-state index is 13.4. The molecule has 2 amide bonds. The minimum Gasteiger partial charge on any atom is -0.494 e. The van der Waals surface area contributed by atoms with Crippen molar-refractivity contribution in [2.24, 2.45) is 26.9 Å². The van der Waals surface area contributed by atoms with Crippen LogP contribution >= 0.6 is 0 Å². The molecule has 1 atom stereocenters. The molecule has 0 saturated carbocycles.